The molecule has 13 nitrogen and oxygen atoms in total. The molecule has 44 heavy (non-hydrogen) atoms. The lowest BCUT2D eigenvalue weighted by Gasteiger charge is -2.34. The highest BCUT2D eigenvalue weighted by molar-refractivity contribution is 7.92. The second kappa shape index (κ2) is 12.4. The summed E-state index contributed by atoms with van der Waals surface area (Å²) in [5, 5.41) is -0.0891. The number of anilines is 1. The Labute approximate surface area is 257 Å². The molecule has 1 fully saturated rings. The van der Waals surface area contributed by atoms with Gasteiger partial charge in [-0.2, -0.15) is 0 Å². The van der Waals surface area contributed by atoms with Crippen LogP contribution in [0.15, 0.2) is 81.0 Å². The maximum absolute atomic E-state index is 13.3. The number of esters is 1. The van der Waals surface area contributed by atoms with Gasteiger partial charge in [0, 0.05) is 33.2 Å². The van der Waals surface area contributed by atoms with Gasteiger partial charge in [-0.25, -0.2) is 17.9 Å². The molecule has 3 heterocycles. The molecule has 0 unspecified atom stereocenters. The molecule has 1 aliphatic heterocycles. The van der Waals surface area contributed by atoms with Crippen LogP contribution in [0.25, 0.3) is 5.69 Å². The minimum atomic E-state index is -4.35. The molecule has 0 spiro atoms. The van der Waals surface area contributed by atoms with Gasteiger partial charge in [-0.05, 0) is 49.4 Å². The number of carbonyl (C=O) groups is 3. The third-order valence-electron chi connectivity index (χ3n) is 7.24. The minimum absolute atomic E-state index is 0.0891. The highest BCUT2D eigenvalue weighted by Gasteiger charge is 2.28. The molecule has 1 aliphatic rings. The number of hydrogen-bond donors (Lipinski definition) is 1. The van der Waals surface area contributed by atoms with Gasteiger partial charge in [-0.1, -0.05) is 29.8 Å². The number of piperazine rings is 1. The van der Waals surface area contributed by atoms with Crippen molar-refractivity contribution < 1.29 is 32.0 Å². The molecular formula is C29H28ClN5O8S. The summed E-state index contributed by atoms with van der Waals surface area (Å²) in [4.78, 5) is 53.9. The summed E-state index contributed by atoms with van der Waals surface area (Å²) in [6.45, 7) is 1.99. The smallest absolute Gasteiger partial charge is 0.340 e. The Bertz CT molecular complexity index is 1880. The summed E-state index contributed by atoms with van der Waals surface area (Å²) in [7, 11) is -2.73. The van der Waals surface area contributed by atoms with Crippen LogP contribution in [0.3, 0.4) is 0 Å². The number of aromatic nitrogens is 2. The van der Waals surface area contributed by atoms with Gasteiger partial charge in [0.25, 0.3) is 27.4 Å². The first-order chi connectivity index (χ1) is 21.0. The average Bonchev–Trinajstić information content (AvgIpc) is 3.63. The Morgan fingerprint density at radius 3 is 2.32 bits per heavy atom. The van der Waals surface area contributed by atoms with Gasteiger partial charge in [0.15, 0.2) is 12.4 Å². The number of amides is 2. The second-order valence-corrected chi connectivity index (χ2v) is 12.0. The van der Waals surface area contributed by atoms with E-state index in [-0.39, 0.29) is 59.0 Å². The fourth-order valence-corrected chi connectivity index (χ4v) is 6.05. The number of furan rings is 1. The molecule has 0 aliphatic carbocycles. The normalized spacial score (nSPS) is 13.5. The zero-order chi connectivity index (χ0) is 31.6. The number of benzene rings is 2. The molecular weight excluding hydrogens is 614 g/mol. The summed E-state index contributed by atoms with van der Waals surface area (Å²) < 4.78 is 42.1. The van der Waals surface area contributed by atoms with Gasteiger partial charge in [-0.3, -0.25) is 23.8 Å². The van der Waals surface area contributed by atoms with E-state index in [1.54, 1.807) is 61.3 Å². The van der Waals surface area contributed by atoms with Crippen molar-refractivity contribution in [1.29, 1.82) is 0 Å². The Hall–Kier alpha value is -4.82. The predicted molar refractivity (Wildman–Crippen MR) is 159 cm³/mol. The molecule has 2 aromatic heterocycles. The van der Waals surface area contributed by atoms with E-state index in [0.717, 1.165) is 6.07 Å². The lowest BCUT2D eigenvalue weighted by molar-refractivity contribution is -0.136. The molecule has 1 saturated heterocycles. The number of ether oxygens (including phenoxy) is 1. The van der Waals surface area contributed by atoms with E-state index >= 15 is 0 Å². The molecule has 0 saturated carbocycles. The molecule has 5 rings (SSSR count). The maximum atomic E-state index is 13.3. The number of carbonyl (C=O) groups excluding carboxylic acids is 3. The molecule has 2 amide bonds. The van der Waals surface area contributed by atoms with Crippen LogP contribution in [0, 0.1) is 6.92 Å². The van der Waals surface area contributed by atoms with Gasteiger partial charge in [-0.15, -0.1) is 0 Å². The summed E-state index contributed by atoms with van der Waals surface area (Å²) >= 11 is 6.18. The van der Waals surface area contributed by atoms with Gasteiger partial charge < -0.3 is 19.0 Å². The maximum Gasteiger partial charge on any atom is 0.340 e. The van der Waals surface area contributed by atoms with Crippen molar-refractivity contribution in [2.75, 3.05) is 37.5 Å². The lowest BCUT2D eigenvalue weighted by atomic mass is 10.2. The van der Waals surface area contributed by atoms with Crippen molar-refractivity contribution in [3.63, 3.8) is 0 Å². The molecule has 1 N–H and O–H groups in total. The largest absolute Gasteiger partial charge is 0.459 e. The number of sulfonamides is 1. The standard InChI is InChI=1S/C29H28ClN5O8S/c1-19-26(28(38)35(32(19)2)20-7-4-3-5-8-20)31-44(40,41)21-10-11-23(30)22(17-21)29(39)43-18-25(36)33-12-14-34(15-13-33)27(37)24-9-6-16-42-24/h3-11,16-17,31H,12-15,18H2,1-2H3. The first-order valence-corrected chi connectivity index (χ1v) is 15.3. The van der Waals surface area contributed by atoms with Crippen LogP contribution in [0.4, 0.5) is 5.69 Å². The van der Waals surface area contributed by atoms with Crippen LogP contribution >= 0.6 is 11.6 Å². The molecule has 230 valence electrons. The van der Waals surface area contributed by atoms with Crippen LogP contribution in [-0.2, 0) is 26.6 Å². The summed E-state index contributed by atoms with van der Waals surface area (Å²) in [5.74, 6) is -1.57. The number of hydrogen-bond acceptors (Lipinski definition) is 8. The quantitative estimate of drug-likeness (QED) is 0.288. The van der Waals surface area contributed by atoms with E-state index < -0.39 is 34.1 Å². The van der Waals surface area contributed by atoms with Gasteiger partial charge >= 0.3 is 5.97 Å². The van der Waals surface area contributed by atoms with Crippen molar-refractivity contribution in [3.8, 4) is 5.69 Å². The lowest BCUT2D eigenvalue weighted by Crippen LogP contribution is -2.51. The van der Waals surface area contributed by atoms with Crippen LogP contribution in [0.2, 0.25) is 5.02 Å². The van der Waals surface area contributed by atoms with Crippen molar-refractivity contribution in [2.24, 2.45) is 7.05 Å². The average molecular weight is 642 g/mol. The molecule has 15 heteroatoms. The zero-order valence-electron chi connectivity index (χ0n) is 23.7. The number of nitrogens with zero attached hydrogens (tertiary/aromatic N) is 4. The fourth-order valence-electron chi connectivity index (χ4n) is 4.72. The fraction of sp³-hybridized carbons (Fsp3) is 0.241. The highest BCUT2D eigenvalue weighted by atomic mass is 35.5. The molecule has 0 radical (unpaired) electrons. The zero-order valence-corrected chi connectivity index (χ0v) is 25.3. The molecule has 0 bridgehead atoms. The second-order valence-electron chi connectivity index (χ2n) is 9.91. The Kier molecular flexibility index (Phi) is 8.65. The van der Waals surface area contributed by atoms with E-state index in [1.165, 1.54) is 32.7 Å². The summed E-state index contributed by atoms with van der Waals surface area (Å²) in [6, 6.07) is 15.3. The van der Waals surface area contributed by atoms with Crippen LogP contribution < -0.4 is 10.3 Å². The van der Waals surface area contributed by atoms with Crippen LogP contribution in [-0.4, -0.2) is 78.2 Å². The van der Waals surface area contributed by atoms with Crippen LogP contribution in [0.1, 0.15) is 26.6 Å². The van der Waals surface area contributed by atoms with Gasteiger partial charge in [0.1, 0.15) is 5.69 Å². The number of rotatable bonds is 8. The van der Waals surface area contributed by atoms with Gasteiger partial charge in [0.05, 0.1) is 33.1 Å². The van der Waals surface area contributed by atoms with Crippen molar-refractivity contribution in [1.82, 2.24) is 19.2 Å². The minimum Gasteiger partial charge on any atom is -0.459 e. The molecule has 0 atom stereocenters. The SMILES string of the molecule is Cc1c(NS(=O)(=O)c2ccc(Cl)c(C(=O)OCC(=O)N3CCN(C(=O)c4ccco4)CC3)c2)c(=O)n(-c2ccccc2)n1C. The Morgan fingerprint density at radius 2 is 1.66 bits per heavy atom. The van der Waals surface area contributed by atoms with E-state index in [9.17, 15) is 27.6 Å². The topological polar surface area (TPSA) is 153 Å². The Balaban J connectivity index is 1.24. The molecule has 4 aromatic rings. The van der Waals surface area contributed by atoms with E-state index in [1.807, 2.05) is 0 Å². The number of nitrogens with one attached hydrogen (secondary N) is 1. The third-order valence-corrected chi connectivity index (χ3v) is 8.91. The van der Waals surface area contributed by atoms with Crippen molar-refractivity contribution in [2.45, 2.75) is 11.8 Å². The van der Waals surface area contributed by atoms with E-state index in [4.69, 9.17) is 20.8 Å². The summed E-state index contributed by atoms with van der Waals surface area (Å²) in [6.07, 6.45) is 1.41. The Morgan fingerprint density at radius 1 is 0.977 bits per heavy atom. The van der Waals surface area contributed by atoms with Crippen LogP contribution in [0.5, 0.6) is 0 Å². The van der Waals surface area contributed by atoms with Gasteiger partial charge in [0.2, 0.25) is 0 Å². The predicted octanol–water partition coefficient (Wildman–Crippen LogP) is 2.67. The first-order valence-electron chi connectivity index (χ1n) is 13.4. The number of halogens is 1. The van der Waals surface area contributed by atoms with Crippen molar-refractivity contribution >= 4 is 45.1 Å². The first kappa shape index (κ1) is 30.6. The molecule has 2 aromatic carbocycles. The third kappa shape index (κ3) is 6.12. The van der Waals surface area contributed by atoms with E-state index in [2.05, 4.69) is 4.72 Å². The number of para-hydroxylation sites is 1. The van der Waals surface area contributed by atoms with Crippen molar-refractivity contribution in [3.05, 3.63) is 99.3 Å². The monoisotopic (exact) mass is 641 g/mol. The summed E-state index contributed by atoms with van der Waals surface area (Å²) in [5.41, 5.74) is -0.114. The highest BCUT2D eigenvalue weighted by Crippen LogP contribution is 2.24. The van der Waals surface area contributed by atoms with E-state index in [0.29, 0.717) is 11.4 Å².